The van der Waals surface area contributed by atoms with E-state index in [0.717, 1.165) is 13.7 Å². The molecule has 17 heavy (non-hydrogen) atoms. The van der Waals surface area contributed by atoms with Gasteiger partial charge in [0.15, 0.2) is 0 Å². The van der Waals surface area contributed by atoms with Gasteiger partial charge in [-0.05, 0) is 56.7 Å². The molecule has 0 atom stereocenters. The quantitative estimate of drug-likeness (QED) is 0.770. The number of amides is 1. The number of rotatable bonds is 3. The summed E-state index contributed by atoms with van der Waals surface area (Å²) in [5.41, 5.74) is 3.28. The van der Waals surface area contributed by atoms with E-state index in [1.165, 1.54) is 11.3 Å². The fourth-order valence-electron chi connectivity index (χ4n) is 1.26. The first-order valence-electron chi connectivity index (χ1n) is 4.77. The molecule has 1 heterocycles. The summed E-state index contributed by atoms with van der Waals surface area (Å²) < 4.78 is 1.83. The molecule has 0 aliphatic carbocycles. The maximum absolute atomic E-state index is 11.9. The van der Waals surface area contributed by atoms with Crippen molar-refractivity contribution < 1.29 is 4.79 Å². The standard InChI is InChI=1S/C11H8BrIN2OS/c12-10-2-1-7(13)3-9(10)11(16)14-4-8-5-17-6-15-8/h1-3,5-6H,4H2,(H,14,16). The number of nitrogens with zero attached hydrogens (tertiary/aromatic N) is 1. The normalized spacial score (nSPS) is 10.2. The molecule has 0 saturated heterocycles. The van der Waals surface area contributed by atoms with E-state index in [0.29, 0.717) is 12.1 Å². The smallest absolute Gasteiger partial charge is 0.252 e. The van der Waals surface area contributed by atoms with Crippen molar-refractivity contribution >= 4 is 55.8 Å². The second-order valence-electron chi connectivity index (χ2n) is 3.29. The molecule has 0 aliphatic rings. The minimum Gasteiger partial charge on any atom is -0.346 e. The number of carbonyl (C=O) groups is 1. The van der Waals surface area contributed by atoms with Gasteiger partial charge >= 0.3 is 0 Å². The van der Waals surface area contributed by atoms with Crippen molar-refractivity contribution in [2.75, 3.05) is 0 Å². The van der Waals surface area contributed by atoms with Crippen LogP contribution in [0.1, 0.15) is 16.1 Å². The van der Waals surface area contributed by atoms with Gasteiger partial charge in [0.2, 0.25) is 0 Å². The van der Waals surface area contributed by atoms with Crippen molar-refractivity contribution in [1.82, 2.24) is 10.3 Å². The van der Waals surface area contributed by atoms with E-state index in [1.807, 2.05) is 23.6 Å². The summed E-state index contributed by atoms with van der Waals surface area (Å²) in [6.07, 6.45) is 0. The number of hydrogen-bond acceptors (Lipinski definition) is 3. The minimum absolute atomic E-state index is 0.0941. The fourth-order valence-corrected chi connectivity index (χ4v) is 2.74. The highest BCUT2D eigenvalue weighted by Crippen LogP contribution is 2.19. The number of benzene rings is 1. The Morgan fingerprint density at radius 3 is 3.06 bits per heavy atom. The van der Waals surface area contributed by atoms with E-state index in [9.17, 15) is 4.79 Å². The Morgan fingerprint density at radius 1 is 1.53 bits per heavy atom. The van der Waals surface area contributed by atoms with Crippen molar-refractivity contribution in [2.45, 2.75) is 6.54 Å². The molecule has 0 bridgehead atoms. The zero-order valence-corrected chi connectivity index (χ0v) is 13.2. The van der Waals surface area contributed by atoms with E-state index >= 15 is 0 Å². The average Bonchev–Trinajstić information content (AvgIpc) is 2.82. The Morgan fingerprint density at radius 2 is 2.35 bits per heavy atom. The van der Waals surface area contributed by atoms with Crippen molar-refractivity contribution in [2.24, 2.45) is 0 Å². The molecule has 3 nitrogen and oxygen atoms in total. The fraction of sp³-hybridized carbons (Fsp3) is 0.0909. The van der Waals surface area contributed by atoms with E-state index in [-0.39, 0.29) is 5.91 Å². The third-order valence-electron chi connectivity index (χ3n) is 2.09. The molecule has 2 rings (SSSR count). The Hall–Kier alpha value is -0.470. The topological polar surface area (TPSA) is 42.0 Å². The van der Waals surface area contributed by atoms with E-state index in [2.05, 4.69) is 48.8 Å². The third-order valence-corrected chi connectivity index (χ3v) is 4.08. The molecular weight excluding hydrogens is 415 g/mol. The second-order valence-corrected chi connectivity index (χ2v) is 6.11. The van der Waals surface area contributed by atoms with Gasteiger partial charge in [-0.25, -0.2) is 4.98 Å². The maximum Gasteiger partial charge on any atom is 0.252 e. The highest BCUT2D eigenvalue weighted by molar-refractivity contribution is 14.1. The predicted molar refractivity (Wildman–Crippen MR) is 80.1 cm³/mol. The molecule has 1 aromatic carbocycles. The highest BCUT2D eigenvalue weighted by atomic mass is 127. The van der Waals surface area contributed by atoms with Crippen LogP contribution in [-0.2, 0) is 6.54 Å². The van der Waals surface area contributed by atoms with E-state index in [4.69, 9.17) is 0 Å². The molecule has 0 radical (unpaired) electrons. The van der Waals surface area contributed by atoms with Crippen LogP contribution in [0.25, 0.3) is 0 Å². The molecule has 1 amide bonds. The van der Waals surface area contributed by atoms with Crippen LogP contribution >= 0.6 is 49.9 Å². The first-order chi connectivity index (χ1) is 8.16. The molecule has 6 heteroatoms. The summed E-state index contributed by atoms with van der Waals surface area (Å²) in [4.78, 5) is 16.1. The van der Waals surface area contributed by atoms with E-state index < -0.39 is 0 Å². The van der Waals surface area contributed by atoms with Crippen LogP contribution in [0.2, 0.25) is 0 Å². The second kappa shape index (κ2) is 5.92. The molecule has 88 valence electrons. The maximum atomic E-state index is 11.9. The SMILES string of the molecule is O=C(NCc1cscn1)c1cc(I)ccc1Br. The number of halogens is 2. The van der Waals surface area contributed by atoms with Crippen molar-refractivity contribution in [3.8, 4) is 0 Å². The Balaban J connectivity index is 2.07. The summed E-state index contributed by atoms with van der Waals surface area (Å²) >= 11 is 7.07. The average molecular weight is 423 g/mol. The lowest BCUT2D eigenvalue weighted by Gasteiger charge is -2.06. The summed E-state index contributed by atoms with van der Waals surface area (Å²) in [6, 6.07) is 5.67. The zero-order valence-electron chi connectivity index (χ0n) is 8.61. The number of carbonyl (C=O) groups excluding carboxylic acids is 1. The molecule has 1 aromatic heterocycles. The lowest BCUT2D eigenvalue weighted by Crippen LogP contribution is -2.23. The van der Waals surface area contributed by atoms with Crippen LogP contribution in [0.5, 0.6) is 0 Å². The van der Waals surface area contributed by atoms with Gasteiger partial charge in [0.05, 0.1) is 23.3 Å². The van der Waals surface area contributed by atoms with Gasteiger partial charge < -0.3 is 5.32 Å². The van der Waals surface area contributed by atoms with Crippen LogP contribution in [0.3, 0.4) is 0 Å². The van der Waals surface area contributed by atoms with E-state index in [1.54, 1.807) is 5.51 Å². The molecule has 0 saturated carbocycles. The summed E-state index contributed by atoms with van der Waals surface area (Å²) in [7, 11) is 0. The van der Waals surface area contributed by atoms with Gasteiger partial charge in [-0.2, -0.15) is 0 Å². The number of hydrogen-bond donors (Lipinski definition) is 1. The molecule has 0 spiro atoms. The Kier molecular flexibility index (Phi) is 4.52. The van der Waals surface area contributed by atoms with Gasteiger partial charge in [0.25, 0.3) is 5.91 Å². The lowest BCUT2D eigenvalue weighted by atomic mass is 10.2. The molecule has 0 aliphatic heterocycles. The van der Waals surface area contributed by atoms with Gasteiger partial charge in [-0.3, -0.25) is 4.79 Å². The minimum atomic E-state index is -0.0941. The number of nitrogens with one attached hydrogen (secondary N) is 1. The molecule has 0 unspecified atom stereocenters. The van der Waals surface area contributed by atoms with Gasteiger partial charge in [0, 0.05) is 13.4 Å². The highest BCUT2D eigenvalue weighted by Gasteiger charge is 2.10. The largest absolute Gasteiger partial charge is 0.346 e. The van der Waals surface area contributed by atoms with Gasteiger partial charge in [-0.15, -0.1) is 11.3 Å². The molecule has 2 aromatic rings. The Labute approximate surface area is 125 Å². The van der Waals surface area contributed by atoms with Gasteiger partial charge in [-0.1, -0.05) is 0 Å². The third kappa shape index (κ3) is 3.49. The summed E-state index contributed by atoms with van der Waals surface area (Å²) in [5.74, 6) is -0.0941. The van der Waals surface area contributed by atoms with Crippen LogP contribution in [0.4, 0.5) is 0 Å². The summed E-state index contributed by atoms with van der Waals surface area (Å²) in [5, 5.41) is 4.76. The van der Waals surface area contributed by atoms with Crippen molar-refractivity contribution in [1.29, 1.82) is 0 Å². The molecule has 0 fully saturated rings. The predicted octanol–water partition coefficient (Wildman–Crippen LogP) is 3.44. The monoisotopic (exact) mass is 422 g/mol. The zero-order chi connectivity index (χ0) is 12.3. The number of thiazole rings is 1. The first-order valence-corrected chi connectivity index (χ1v) is 7.58. The molecular formula is C11H8BrIN2OS. The van der Waals surface area contributed by atoms with Gasteiger partial charge in [0.1, 0.15) is 0 Å². The lowest BCUT2D eigenvalue weighted by molar-refractivity contribution is 0.0949. The summed E-state index contributed by atoms with van der Waals surface area (Å²) in [6.45, 7) is 0.459. The van der Waals surface area contributed by atoms with Crippen LogP contribution in [0, 0.1) is 3.57 Å². The van der Waals surface area contributed by atoms with Crippen molar-refractivity contribution in [3.63, 3.8) is 0 Å². The first kappa shape index (κ1) is 13.0. The van der Waals surface area contributed by atoms with Crippen molar-refractivity contribution in [3.05, 3.63) is 48.4 Å². The van der Waals surface area contributed by atoms with Crippen LogP contribution < -0.4 is 5.32 Å². The molecule has 1 N–H and O–H groups in total. The van der Waals surface area contributed by atoms with Crippen LogP contribution in [-0.4, -0.2) is 10.9 Å². The number of aromatic nitrogens is 1. The van der Waals surface area contributed by atoms with Crippen LogP contribution in [0.15, 0.2) is 33.6 Å². The Bertz CT molecular complexity index is 530.